The standard InChI is InChI=1S/C28H23IN2O2S/c29-22-11-13-24(14-12-22)31-28(33)27(21-9-5-2-6-10-21)34-25-17-15-23(16-18-25)30-26(32)19-20-7-3-1-4-8-20/h1-18,27H,19H2,(H,30,32)(H,31,33). The fraction of sp³-hybridized carbons (Fsp3) is 0.0714. The topological polar surface area (TPSA) is 58.2 Å². The van der Waals surface area contributed by atoms with E-state index in [0.717, 1.165) is 31.0 Å². The number of hydrogen-bond donors (Lipinski definition) is 2. The first-order valence-corrected chi connectivity index (χ1v) is 12.7. The fourth-order valence-electron chi connectivity index (χ4n) is 3.38. The molecular weight excluding hydrogens is 555 g/mol. The van der Waals surface area contributed by atoms with Gasteiger partial charge in [-0.3, -0.25) is 9.59 Å². The molecule has 0 saturated carbocycles. The van der Waals surface area contributed by atoms with Crippen LogP contribution in [0.3, 0.4) is 0 Å². The van der Waals surface area contributed by atoms with Gasteiger partial charge in [0.2, 0.25) is 11.8 Å². The molecule has 34 heavy (non-hydrogen) atoms. The second kappa shape index (κ2) is 11.9. The number of thioether (sulfide) groups is 1. The summed E-state index contributed by atoms with van der Waals surface area (Å²) >= 11 is 3.72. The highest BCUT2D eigenvalue weighted by Gasteiger charge is 2.22. The van der Waals surface area contributed by atoms with E-state index in [4.69, 9.17) is 0 Å². The molecule has 0 spiro atoms. The Morgan fingerprint density at radius 2 is 1.26 bits per heavy atom. The molecule has 0 heterocycles. The normalized spacial score (nSPS) is 11.4. The van der Waals surface area contributed by atoms with E-state index in [1.165, 1.54) is 11.8 Å². The molecule has 4 aromatic rings. The van der Waals surface area contributed by atoms with Crippen LogP contribution in [0.25, 0.3) is 0 Å². The lowest BCUT2D eigenvalue weighted by atomic mass is 10.1. The summed E-state index contributed by atoms with van der Waals surface area (Å²) in [5.41, 5.74) is 3.39. The van der Waals surface area contributed by atoms with Crippen molar-refractivity contribution >= 4 is 57.5 Å². The lowest BCUT2D eigenvalue weighted by Gasteiger charge is -2.17. The van der Waals surface area contributed by atoms with Crippen molar-refractivity contribution < 1.29 is 9.59 Å². The molecule has 1 atom stereocenters. The third-order valence-corrected chi connectivity index (χ3v) is 7.04. The number of benzene rings is 4. The van der Waals surface area contributed by atoms with Crippen LogP contribution in [-0.4, -0.2) is 11.8 Å². The SMILES string of the molecule is O=C(Cc1ccccc1)Nc1ccc(SC(C(=O)Nc2ccc(I)cc2)c2ccccc2)cc1. The molecule has 0 aliphatic carbocycles. The van der Waals surface area contributed by atoms with Gasteiger partial charge >= 0.3 is 0 Å². The molecule has 6 heteroatoms. The number of hydrogen-bond acceptors (Lipinski definition) is 3. The van der Waals surface area contributed by atoms with Crippen molar-refractivity contribution in [3.8, 4) is 0 Å². The van der Waals surface area contributed by atoms with Crippen molar-refractivity contribution in [1.29, 1.82) is 0 Å². The van der Waals surface area contributed by atoms with E-state index in [9.17, 15) is 9.59 Å². The maximum Gasteiger partial charge on any atom is 0.242 e. The second-order valence-electron chi connectivity index (χ2n) is 7.64. The molecule has 2 N–H and O–H groups in total. The van der Waals surface area contributed by atoms with Gasteiger partial charge < -0.3 is 10.6 Å². The molecule has 0 bridgehead atoms. The summed E-state index contributed by atoms with van der Waals surface area (Å²) in [4.78, 5) is 26.5. The van der Waals surface area contributed by atoms with E-state index in [1.807, 2.05) is 109 Å². The molecule has 4 rings (SSSR count). The van der Waals surface area contributed by atoms with Crippen LogP contribution < -0.4 is 10.6 Å². The van der Waals surface area contributed by atoms with Crippen LogP contribution in [0.4, 0.5) is 11.4 Å². The van der Waals surface area contributed by atoms with Crippen molar-refractivity contribution in [3.63, 3.8) is 0 Å². The molecule has 0 radical (unpaired) electrons. The van der Waals surface area contributed by atoms with Crippen molar-refractivity contribution in [2.75, 3.05) is 10.6 Å². The molecule has 0 aliphatic heterocycles. The van der Waals surface area contributed by atoms with Crippen LogP contribution in [0.15, 0.2) is 114 Å². The van der Waals surface area contributed by atoms with E-state index < -0.39 is 5.25 Å². The summed E-state index contributed by atoms with van der Waals surface area (Å²) in [6.45, 7) is 0. The summed E-state index contributed by atoms with van der Waals surface area (Å²) in [6.07, 6.45) is 0.326. The van der Waals surface area contributed by atoms with Crippen molar-refractivity contribution in [3.05, 3.63) is 124 Å². The number of nitrogens with one attached hydrogen (secondary N) is 2. The molecule has 0 aromatic heterocycles. The quantitative estimate of drug-likeness (QED) is 0.176. The largest absolute Gasteiger partial charge is 0.326 e. The predicted molar refractivity (Wildman–Crippen MR) is 148 cm³/mol. The van der Waals surface area contributed by atoms with Gasteiger partial charge in [0.1, 0.15) is 5.25 Å². The summed E-state index contributed by atoms with van der Waals surface area (Å²) in [7, 11) is 0. The highest BCUT2D eigenvalue weighted by atomic mass is 127. The zero-order valence-electron chi connectivity index (χ0n) is 18.3. The molecule has 170 valence electrons. The Bertz CT molecular complexity index is 1230. The number of carbonyl (C=O) groups is 2. The van der Waals surface area contributed by atoms with Crippen molar-refractivity contribution in [1.82, 2.24) is 0 Å². The molecule has 4 nitrogen and oxygen atoms in total. The highest BCUT2D eigenvalue weighted by Crippen LogP contribution is 2.36. The highest BCUT2D eigenvalue weighted by molar-refractivity contribution is 14.1. The van der Waals surface area contributed by atoms with Crippen LogP contribution in [0.5, 0.6) is 0 Å². The minimum atomic E-state index is -0.418. The van der Waals surface area contributed by atoms with Crippen LogP contribution in [0.2, 0.25) is 0 Å². The maximum atomic E-state index is 13.2. The predicted octanol–water partition coefficient (Wildman–Crippen LogP) is 6.94. The summed E-state index contributed by atoms with van der Waals surface area (Å²) in [5, 5.41) is 5.55. The zero-order valence-corrected chi connectivity index (χ0v) is 21.3. The Kier molecular flexibility index (Phi) is 8.38. The van der Waals surface area contributed by atoms with Crippen LogP contribution in [0, 0.1) is 3.57 Å². The third kappa shape index (κ3) is 6.95. The minimum Gasteiger partial charge on any atom is -0.326 e. The van der Waals surface area contributed by atoms with Gasteiger partial charge in [-0.15, -0.1) is 11.8 Å². The monoisotopic (exact) mass is 578 g/mol. The average Bonchev–Trinajstić information content (AvgIpc) is 2.86. The first-order valence-electron chi connectivity index (χ1n) is 10.8. The number of amides is 2. The summed E-state index contributed by atoms with van der Waals surface area (Å²) < 4.78 is 1.11. The molecule has 4 aromatic carbocycles. The van der Waals surface area contributed by atoms with Crippen molar-refractivity contribution in [2.24, 2.45) is 0 Å². The van der Waals surface area contributed by atoms with E-state index in [-0.39, 0.29) is 11.8 Å². The van der Waals surface area contributed by atoms with Gasteiger partial charge in [-0.2, -0.15) is 0 Å². The molecule has 0 aliphatic rings. The lowest BCUT2D eigenvalue weighted by molar-refractivity contribution is -0.116. The Morgan fingerprint density at radius 3 is 1.91 bits per heavy atom. The van der Waals surface area contributed by atoms with Gasteiger partial charge in [0.05, 0.1) is 6.42 Å². The number of rotatable bonds is 8. The molecule has 0 fully saturated rings. The van der Waals surface area contributed by atoms with Crippen LogP contribution >= 0.6 is 34.4 Å². The van der Waals surface area contributed by atoms with E-state index >= 15 is 0 Å². The lowest BCUT2D eigenvalue weighted by Crippen LogP contribution is -2.19. The Balaban J connectivity index is 1.44. The van der Waals surface area contributed by atoms with Crippen molar-refractivity contribution in [2.45, 2.75) is 16.6 Å². The van der Waals surface area contributed by atoms with Gasteiger partial charge in [0, 0.05) is 19.8 Å². The zero-order chi connectivity index (χ0) is 23.8. The Morgan fingerprint density at radius 1 is 0.706 bits per heavy atom. The summed E-state index contributed by atoms with van der Waals surface area (Å²) in [5.74, 6) is -0.150. The molecule has 0 saturated heterocycles. The van der Waals surface area contributed by atoms with Gasteiger partial charge in [0.15, 0.2) is 0 Å². The summed E-state index contributed by atoms with van der Waals surface area (Å²) in [6, 6.07) is 34.7. The fourth-order valence-corrected chi connectivity index (χ4v) is 4.77. The average molecular weight is 578 g/mol. The third-order valence-electron chi connectivity index (χ3n) is 5.05. The van der Waals surface area contributed by atoms with E-state index in [0.29, 0.717) is 6.42 Å². The van der Waals surface area contributed by atoms with Gasteiger partial charge in [-0.25, -0.2) is 0 Å². The number of halogens is 1. The van der Waals surface area contributed by atoms with E-state index in [2.05, 4.69) is 33.2 Å². The number of carbonyl (C=O) groups excluding carboxylic acids is 2. The Labute approximate surface area is 217 Å². The second-order valence-corrected chi connectivity index (χ2v) is 10.1. The van der Waals surface area contributed by atoms with Crippen LogP contribution in [-0.2, 0) is 16.0 Å². The molecular formula is C28H23IN2O2S. The van der Waals surface area contributed by atoms with Crippen LogP contribution in [0.1, 0.15) is 16.4 Å². The number of anilines is 2. The minimum absolute atomic E-state index is 0.0642. The molecule has 1 unspecified atom stereocenters. The smallest absolute Gasteiger partial charge is 0.242 e. The van der Waals surface area contributed by atoms with E-state index in [1.54, 1.807) is 0 Å². The van der Waals surface area contributed by atoms with Gasteiger partial charge in [-0.1, -0.05) is 60.7 Å². The molecule has 2 amide bonds. The first-order chi connectivity index (χ1) is 16.6. The first kappa shape index (κ1) is 24.0. The maximum absolute atomic E-state index is 13.2. The van der Waals surface area contributed by atoms with Gasteiger partial charge in [0.25, 0.3) is 0 Å². The Hall–Kier alpha value is -3.10. The van der Waals surface area contributed by atoms with Gasteiger partial charge in [-0.05, 0) is 82.2 Å².